The highest BCUT2D eigenvalue weighted by molar-refractivity contribution is 6.10. The van der Waals surface area contributed by atoms with Crippen LogP contribution >= 0.6 is 0 Å². The fourth-order valence-corrected chi connectivity index (χ4v) is 2.06. The number of anilines is 1. The average molecular weight is 248 g/mol. The van der Waals surface area contributed by atoms with Gasteiger partial charge in [0.05, 0.1) is 5.52 Å². The van der Waals surface area contributed by atoms with Gasteiger partial charge >= 0.3 is 0 Å². The molecule has 2 aromatic carbocycles. The molecule has 2 N–H and O–H groups in total. The number of rotatable bonds is 2. The number of carbonyl (C=O) groups excluding carboxylic acids is 1. The van der Waals surface area contributed by atoms with Crippen LogP contribution in [0.15, 0.2) is 60.8 Å². The zero-order chi connectivity index (χ0) is 13.2. The molecular weight excluding hydrogens is 236 g/mol. The van der Waals surface area contributed by atoms with Gasteiger partial charge < -0.3 is 5.73 Å². The Balaban J connectivity index is 2.06. The summed E-state index contributed by atoms with van der Waals surface area (Å²) in [5, 5.41) is 0.956. The number of carbonyl (C=O) groups is 1. The summed E-state index contributed by atoms with van der Waals surface area (Å²) in [5.41, 5.74) is 8.42. The molecule has 3 aromatic rings. The van der Waals surface area contributed by atoms with Crippen molar-refractivity contribution < 1.29 is 4.79 Å². The minimum Gasteiger partial charge on any atom is -0.399 e. The molecule has 3 heteroatoms. The van der Waals surface area contributed by atoms with Crippen molar-refractivity contribution in [1.82, 2.24) is 4.98 Å². The van der Waals surface area contributed by atoms with E-state index in [9.17, 15) is 4.79 Å². The zero-order valence-electron chi connectivity index (χ0n) is 10.2. The molecule has 0 bridgehead atoms. The molecule has 19 heavy (non-hydrogen) atoms. The van der Waals surface area contributed by atoms with E-state index in [1.807, 2.05) is 24.3 Å². The second-order valence-corrected chi connectivity index (χ2v) is 4.37. The summed E-state index contributed by atoms with van der Waals surface area (Å²) in [6, 6.07) is 16.3. The smallest absolute Gasteiger partial charge is 0.193 e. The Morgan fingerprint density at radius 2 is 1.79 bits per heavy atom. The van der Waals surface area contributed by atoms with Crippen molar-refractivity contribution in [2.45, 2.75) is 0 Å². The number of nitrogens with two attached hydrogens (primary N) is 1. The molecule has 0 amide bonds. The normalized spacial score (nSPS) is 10.5. The lowest BCUT2D eigenvalue weighted by Crippen LogP contribution is -2.02. The fourth-order valence-electron chi connectivity index (χ4n) is 2.06. The predicted octanol–water partition coefficient (Wildman–Crippen LogP) is 3.05. The van der Waals surface area contributed by atoms with Gasteiger partial charge in [0, 0.05) is 28.4 Å². The quantitative estimate of drug-likeness (QED) is 0.560. The maximum atomic E-state index is 12.4. The van der Waals surface area contributed by atoms with Gasteiger partial charge in [0.2, 0.25) is 0 Å². The molecule has 0 aliphatic rings. The number of pyridine rings is 1. The minimum absolute atomic E-state index is 0.0296. The predicted molar refractivity (Wildman–Crippen MR) is 76.0 cm³/mol. The third-order valence-corrected chi connectivity index (χ3v) is 3.01. The van der Waals surface area contributed by atoms with Crippen molar-refractivity contribution in [3.63, 3.8) is 0 Å². The Bertz CT molecular complexity index is 765. The van der Waals surface area contributed by atoms with Crippen molar-refractivity contribution in [2.24, 2.45) is 0 Å². The van der Waals surface area contributed by atoms with Crippen molar-refractivity contribution in [1.29, 1.82) is 0 Å². The first-order valence-corrected chi connectivity index (χ1v) is 5.99. The Hall–Kier alpha value is -2.68. The second-order valence-electron chi connectivity index (χ2n) is 4.37. The molecule has 0 saturated heterocycles. The molecule has 0 aliphatic carbocycles. The first-order chi connectivity index (χ1) is 9.24. The van der Waals surface area contributed by atoms with E-state index in [0.29, 0.717) is 16.8 Å². The molecule has 0 unspecified atom stereocenters. The summed E-state index contributed by atoms with van der Waals surface area (Å²) in [6.45, 7) is 0. The van der Waals surface area contributed by atoms with Crippen LogP contribution in [0, 0.1) is 0 Å². The summed E-state index contributed by atoms with van der Waals surface area (Å²) in [4.78, 5) is 16.6. The van der Waals surface area contributed by atoms with Crippen LogP contribution in [0.4, 0.5) is 5.69 Å². The molecule has 1 aromatic heterocycles. The fraction of sp³-hybridized carbons (Fsp3) is 0. The minimum atomic E-state index is -0.0296. The summed E-state index contributed by atoms with van der Waals surface area (Å²) in [5.74, 6) is -0.0296. The van der Waals surface area contributed by atoms with E-state index in [0.717, 1.165) is 10.9 Å². The topological polar surface area (TPSA) is 56.0 Å². The van der Waals surface area contributed by atoms with Crippen LogP contribution in [-0.4, -0.2) is 10.8 Å². The molecule has 0 aliphatic heterocycles. The first-order valence-electron chi connectivity index (χ1n) is 5.99. The summed E-state index contributed by atoms with van der Waals surface area (Å²) >= 11 is 0. The maximum Gasteiger partial charge on any atom is 0.193 e. The van der Waals surface area contributed by atoms with E-state index in [1.165, 1.54) is 0 Å². The highest BCUT2D eigenvalue weighted by Gasteiger charge is 2.09. The van der Waals surface area contributed by atoms with Gasteiger partial charge in [-0.2, -0.15) is 0 Å². The van der Waals surface area contributed by atoms with E-state index in [1.54, 1.807) is 36.5 Å². The van der Waals surface area contributed by atoms with Crippen molar-refractivity contribution in [2.75, 3.05) is 5.73 Å². The summed E-state index contributed by atoms with van der Waals surface area (Å²) in [6.07, 6.45) is 1.74. The van der Waals surface area contributed by atoms with E-state index < -0.39 is 0 Å². The van der Waals surface area contributed by atoms with E-state index in [2.05, 4.69) is 4.98 Å². The number of benzene rings is 2. The number of nitrogen functional groups attached to an aromatic ring is 1. The van der Waals surface area contributed by atoms with E-state index in [-0.39, 0.29) is 5.78 Å². The van der Waals surface area contributed by atoms with Crippen LogP contribution in [0.1, 0.15) is 15.9 Å². The molecule has 1 heterocycles. The van der Waals surface area contributed by atoms with Gasteiger partial charge in [-0.25, -0.2) is 0 Å². The Morgan fingerprint density at radius 3 is 2.63 bits per heavy atom. The number of fused-ring (bicyclic) bond motifs is 1. The van der Waals surface area contributed by atoms with Crippen LogP contribution < -0.4 is 5.73 Å². The van der Waals surface area contributed by atoms with Crippen molar-refractivity contribution in [3.05, 3.63) is 71.9 Å². The van der Waals surface area contributed by atoms with Crippen LogP contribution in [-0.2, 0) is 0 Å². The summed E-state index contributed by atoms with van der Waals surface area (Å²) in [7, 11) is 0. The molecule has 92 valence electrons. The van der Waals surface area contributed by atoms with Crippen LogP contribution in [0.2, 0.25) is 0 Å². The molecule has 0 radical (unpaired) electrons. The van der Waals surface area contributed by atoms with Gasteiger partial charge in [0.15, 0.2) is 5.78 Å². The number of hydrogen-bond donors (Lipinski definition) is 1. The van der Waals surface area contributed by atoms with E-state index >= 15 is 0 Å². The van der Waals surface area contributed by atoms with Crippen LogP contribution in [0.5, 0.6) is 0 Å². The van der Waals surface area contributed by atoms with Gasteiger partial charge in [-0.1, -0.05) is 18.2 Å². The lowest BCUT2D eigenvalue weighted by atomic mass is 10.0. The molecule has 0 spiro atoms. The zero-order valence-corrected chi connectivity index (χ0v) is 10.2. The molecule has 0 fully saturated rings. The Kier molecular flexibility index (Phi) is 2.72. The van der Waals surface area contributed by atoms with Gasteiger partial charge in [0.25, 0.3) is 0 Å². The largest absolute Gasteiger partial charge is 0.399 e. The number of aromatic nitrogens is 1. The molecule has 3 nitrogen and oxygen atoms in total. The number of hydrogen-bond acceptors (Lipinski definition) is 3. The van der Waals surface area contributed by atoms with Gasteiger partial charge in [-0.15, -0.1) is 0 Å². The first kappa shape index (κ1) is 11.4. The third-order valence-electron chi connectivity index (χ3n) is 3.01. The molecule has 0 saturated carbocycles. The number of ketones is 1. The molecular formula is C16H12N2O. The molecule has 0 atom stereocenters. The van der Waals surface area contributed by atoms with E-state index in [4.69, 9.17) is 5.73 Å². The van der Waals surface area contributed by atoms with Crippen LogP contribution in [0.3, 0.4) is 0 Å². The number of nitrogens with zero attached hydrogens (tertiary/aromatic N) is 1. The molecule has 3 rings (SSSR count). The highest BCUT2D eigenvalue weighted by atomic mass is 16.1. The third kappa shape index (κ3) is 2.18. The van der Waals surface area contributed by atoms with Crippen LogP contribution in [0.25, 0.3) is 10.9 Å². The lowest BCUT2D eigenvalue weighted by Gasteiger charge is -2.04. The maximum absolute atomic E-state index is 12.4. The van der Waals surface area contributed by atoms with Gasteiger partial charge in [-0.05, 0) is 36.4 Å². The lowest BCUT2D eigenvalue weighted by molar-refractivity contribution is 0.103. The average Bonchev–Trinajstić information content (AvgIpc) is 2.46. The van der Waals surface area contributed by atoms with Crippen molar-refractivity contribution >= 4 is 22.4 Å². The highest BCUT2D eigenvalue weighted by Crippen LogP contribution is 2.17. The Morgan fingerprint density at radius 1 is 0.947 bits per heavy atom. The SMILES string of the molecule is Nc1cccc(C(=O)c2ccc3ncccc3c2)c1. The van der Waals surface area contributed by atoms with Crippen molar-refractivity contribution in [3.8, 4) is 0 Å². The van der Waals surface area contributed by atoms with Gasteiger partial charge in [-0.3, -0.25) is 9.78 Å². The Labute approximate surface area is 110 Å². The monoisotopic (exact) mass is 248 g/mol. The summed E-state index contributed by atoms with van der Waals surface area (Å²) < 4.78 is 0. The van der Waals surface area contributed by atoms with Gasteiger partial charge in [0.1, 0.15) is 0 Å². The second kappa shape index (κ2) is 4.53. The standard InChI is InChI=1S/C16H12N2O/c17-14-5-1-3-12(10-14)16(19)13-6-7-15-11(9-13)4-2-8-18-15/h1-10H,17H2.